The van der Waals surface area contributed by atoms with Crippen LogP contribution in [-0.4, -0.2) is 53.2 Å². The summed E-state index contributed by atoms with van der Waals surface area (Å²) in [6, 6.07) is 7.34. The molecular formula is C27H40N2O4S2. The van der Waals surface area contributed by atoms with Gasteiger partial charge < -0.3 is 14.8 Å². The van der Waals surface area contributed by atoms with Gasteiger partial charge in [0.2, 0.25) is 0 Å². The summed E-state index contributed by atoms with van der Waals surface area (Å²) in [5.74, 6) is 2.44. The zero-order valence-electron chi connectivity index (χ0n) is 21.3. The Hall–Kier alpha value is -1.80. The van der Waals surface area contributed by atoms with Crippen molar-refractivity contribution in [3.05, 3.63) is 29.8 Å². The van der Waals surface area contributed by atoms with Gasteiger partial charge >= 0.3 is 6.09 Å². The second-order valence-electron chi connectivity index (χ2n) is 10.1. The van der Waals surface area contributed by atoms with E-state index in [9.17, 15) is 9.59 Å². The van der Waals surface area contributed by atoms with Gasteiger partial charge in [-0.3, -0.25) is 9.69 Å². The lowest BCUT2D eigenvalue weighted by Gasteiger charge is -2.28. The lowest BCUT2D eigenvalue weighted by atomic mass is 9.82. The molecule has 1 aliphatic carbocycles. The summed E-state index contributed by atoms with van der Waals surface area (Å²) in [6.07, 6.45) is 7.67. The van der Waals surface area contributed by atoms with Gasteiger partial charge in [0.05, 0.1) is 30.5 Å². The summed E-state index contributed by atoms with van der Waals surface area (Å²) in [4.78, 5) is 28.7. The highest BCUT2D eigenvalue weighted by molar-refractivity contribution is 7.99. The Balaban J connectivity index is 1.67. The maximum atomic E-state index is 13.8. The number of nitrogens with one attached hydrogen (secondary N) is 1. The Morgan fingerprint density at radius 2 is 1.89 bits per heavy atom. The third-order valence-corrected chi connectivity index (χ3v) is 8.30. The monoisotopic (exact) mass is 520 g/mol. The summed E-state index contributed by atoms with van der Waals surface area (Å²) in [6.45, 7) is 4.91. The van der Waals surface area contributed by atoms with Crippen molar-refractivity contribution in [1.29, 1.82) is 0 Å². The van der Waals surface area contributed by atoms with E-state index in [1.54, 1.807) is 23.8 Å². The topological polar surface area (TPSA) is 67.9 Å². The number of hydrogen-bond donors (Lipinski definition) is 1. The fourth-order valence-corrected chi connectivity index (χ4v) is 6.21. The first-order valence-corrected chi connectivity index (χ1v) is 14.4. The van der Waals surface area contributed by atoms with Gasteiger partial charge in [0.1, 0.15) is 11.8 Å². The van der Waals surface area contributed by atoms with E-state index in [4.69, 9.17) is 21.7 Å². The first-order chi connectivity index (χ1) is 16.9. The molecule has 0 bridgehead atoms. The Morgan fingerprint density at radius 1 is 1.17 bits per heavy atom. The Bertz CT molecular complexity index is 840. The number of rotatable bonds is 11. The molecule has 0 aromatic heterocycles. The molecule has 0 spiro atoms. The molecule has 8 heteroatoms. The van der Waals surface area contributed by atoms with Crippen LogP contribution in [0, 0.1) is 17.8 Å². The van der Waals surface area contributed by atoms with E-state index in [2.05, 4.69) is 5.32 Å². The zero-order chi connectivity index (χ0) is 25.2. The molecule has 1 saturated carbocycles. The smallest absolute Gasteiger partial charge is 0.411 e. The van der Waals surface area contributed by atoms with Crippen LogP contribution in [0.15, 0.2) is 24.3 Å². The van der Waals surface area contributed by atoms with E-state index in [1.807, 2.05) is 38.1 Å². The van der Waals surface area contributed by atoms with E-state index in [0.717, 1.165) is 24.2 Å². The first-order valence-electron chi connectivity index (χ1n) is 12.8. The molecule has 1 N–H and O–H groups in total. The number of thioether (sulfide) groups is 1. The summed E-state index contributed by atoms with van der Waals surface area (Å²) >= 11 is 7.39. The number of thiocarbonyl (C=S) groups is 1. The molecule has 1 amide bonds. The fourth-order valence-electron chi connectivity index (χ4n) is 4.75. The maximum absolute atomic E-state index is 13.8. The predicted molar refractivity (Wildman–Crippen MR) is 146 cm³/mol. The second-order valence-corrected chi connectivity index (χ2v) is 11.5. The number of carbonyl (C=O) groups is 2. The Labute approximate surface area is 219 Å². The Morgan fingerprint density at radius 3 is 2.54 bits per heavy atom. The molecular weight excluding hydrogens is 480 g/mol. The van der Waals surface area contributed by atoms with Gasteiger partial charge in [0.25, 0.3) is 0 Å². The van der Waals surface area contributed by atoms with Crippen LogP contribution in [0.4, 0.5) is 4.79 Å². The number of methoxy groups -OCH3 is 1. The molecule has 35 heavy (non-hydrogen) atoms. The molecule has 1 aliphatic heterocycles. The molecule has 0 unspecified atom stereocenters. The van der Waals surface area contributed by atoms with Gasteiger partial charge in [-0.05, 0) is 42.4 Å². The lowest BCUT2D eigenvalue weighted by molar-refractivity contribution is -0.124. The third-order valence-electron chi connectivity index (χ3n) is 6.86. The van der Waals surface area contributed by atoms with Crippen molar-refractivity contribution in [1.82, 2.24) is 10.2 Å². The van der Waals surface area contributed by atoms with Crippen LogP contribution in [-0.2, 0) is 16.1 Å². The molecule has 3 rings (SSSR count). The highest BCUT2D eigenvalue weighted by atomic mass is 32.2. The number of ketones is 1. The summed E-state index contributed by atoms with van der Waals surface area (Å²) in [7, 11) is 1.65. The number of carbonyl (C=O) groups excluding carboxylic acids is 2. The van der Waals surface area contributed by atoms with Gasteiger partial charge in [-0.15, -0.1) is 11.8 Å². The average Bonchev–Trinajstić information content (AvgIpc) is 3.37. The normalized spacial score (nSPS) is 19.4. The maximum Gasteiger partial charge on any atom is 0.411 e. The minimum atomic E-state index is -0.489. The van der Waals surface area contributed by atoms with Crippen LogP contribution in [0.2, 0.25) is 0 Å². The highest BCUT2D eigenvalue weighted by Gasteiger charge is 2.40. The van der Waals surface area contributed by atoms with Crippen LogP contribution < -0.4 is 10.1 Å². The lowest BCUT2D eigenvalue weighted by Crippen LogP contribution is -2.48. The van der Waals surface area contributed by atoms with Gasteiger partial charge in [-0.1, -0.05) is 70.3 Å². The zero-order valence-corrected chi connectivity index (χ0v) is 22.9. The van der Waals surface area contributed by atoms with Gasteiger partial charge in [-0.2, -0.15) is 0 Å². The number of benzene rings is 1. The number of nitrogens with zero attached hydrogens (tertiary/aromatic N) is 1. The highest BCUT2D eigenvalue weighted by Crippen LogP contribution is 2.31. The number of Topliss-reactive ketones (excluding diaryl/α,β-unsaturated/α-hetero) is 1. The molecule has 2 aliphatic rings. The minimum absolute atomic E-state index is 0.0412. The van der Waals surface area contributed by atoms with Crippen molar-refractivity contribution < 1.29 is 19.1 Å². The third kappa shape index (κ3) is 8.38. The molecule has 6 nitrogen and oxygen atoms in total. The van der Waals surface area contributed by atoms with Gasteiger partial charge in [0.15, 0.2) is 5.78 Å². The second kappa shape index (κ2) is 14.1. The van der Waals surface area contributed by atoms with Crippen LogP contribution in [0.25, 0.3) is 0 Å². The van der Waals surface area contributed by atoms with E-state index < -0.39 is 18.1 Å². The Kier molecular flexibility index (Phi) is 11.2. The summed E-state index contributed by atoms with van der Waals surface area (Å²) < 4.78 is 10.7. The van der Waals surface area contributed by atoms with Gasteiger partial charge in [0, 0.05) is 12.3 Å². The van der Waals surface area contributed by atoms with Crippen LogP contribution >= 0.6 is 24.0 Å². The predicted octanol–water partition coefficient (Wildman–Crippen LogP) is 5.83. The molecule has 1 aromatic rings. The molecule has 2 fully saturated rings. The van der Waals surface area contributed by atoms with Crippen molar-refractivity contribution >= 4 is 40.8 Å². The van der Waals surface area contributed by atoms with Crippen molar-refractivity contribution in [3.63, 3.8) is 0 Å². The van der Waals surface area contributed by atoms with Crippen molar-refractivity contribution in [3.8, 4) is 5.75 Å². The quantitative estimate of drug-likeness (QED) is 0.369. The largest absolute Gasteiger partial charge is 0.497 e. The van der Waals surface area contributed by atoms with E-state index in [-0.39, 0.29) is 11.7 Å². The van der Waals surface area contributed by atoms with E-state index >= 15 is 0 Å². The molecule has 194 valence electrons. The molecule has 2 atom stereocenters. The van der Waals surface area contributed by atoms with Crippen LogP contribution in [0.1, 0.15) is 64.4 Å². The molecule has 1 saturated heterocycles. The number of hydrogen-bond acceptors (Lipinski definition) is 6. The standard InChI is InChI=1S/C27H40N2O4S2/c1-19(2)16-33-27(31)29-18-35-17-24(29)25(30)23(14-11-20-7-5-4-6-8-20)26(34)28-15-21-9-12-22(32-3)13-10-21/h9-10,12-13,19-20,23-24H,4-8,11,14-18H2,1-3H3,(H,28,34)/t23-,24+/m1/s1. The number of ether oxygens (including phenoxy) is 2. The van der Waals surface area contributed by atoms with Gasteiger partial charge in [-0.25, -0.2) is 4.79 Å². The van der Waals surface area contributed by atoms with Crippen LogP contribution in [0.5, 0.6) is 5.75 Å². The molecule has 1 heterocycles. The van der Waals surface area contributed by atoms with Crippen molar-refractivity contribution in [2.24, 2.45) is 17.8 Å². The molecule has 1 aromatic carbocycles. The SMILES string of the molecule is COc1ccc(CNC(=S)[C@H](CCC2CCCCC2)C(=O)[C@@H]2CSCN2C(=O)OCC(C)C)cc1. The summed E-state index contributed by atoms with van der Waals surface area (Å²) in [5, 5.41) is 3.34. The molecule has 0 radical (unpaired) electrons. The average molecular weight is 521 g/mol. The van der Waals surface area contributed by atoms with Crippen molar-refractivity contribution in [2.45, 2.75) is 71.4 Å². The number of amides is 1. The minimum Gasteiger partial charge on any atom is -0.497 e. The first kappa shape index (κ1) is 27.8. The fraction of sp³-hybridized carbons (Fsp3) is 0.667. The van der Waals surface area contributed by atoms with E-state index in [1.165, 1.54) is 32.1 Å². The van der Waals surface area contributed by atoms with Crippen molar-refractivity contribution in [2.75, 3.05) is 25.3 Å². The summed E-state index contributed by atoms with van der Waals surface area (Å²) in [5.41, 5.74) is 1.07. The van der Waals surface area contributed by atoms with E-state index in [0.29, 0.717) is 35.7 Å². The van der Waals surface area contributed by atoms with Crippen LogP contribution in [0.3, 0.4) is 0 Å².